The lowest BCUT2D eigenvalue weighted by Gasteiger charge is -2.18. The van der Waals surface area contributed by atoms with E-state index in [2.05, 4.69) is 6.58 Å². The summed E-state index contributed by atoms with van der Waals surface area (Å²) in [4.78, 5) is 33.7. The number of thioether (sulfide) groups is 1. The standard InChI is InChI=1S/C27H26N2O2S2/c1-6-15-29-26(31)22-18(4)19(5)32-25(22)28-27(29)33-24(21-13-9-17(3)10-14-21)23(30)20-11-7-16(2)8-12-20/h6-14,24H,1,15H2,2-5H3/t24-/m1/s1. The molecule has 2 aromatic heterocycles. The number of Topliss-reactive ketones (excluding diaryl/α,β-unsaturated/α-hetero) is 1. The van der Waals surface area contributed by atoms with Crippen molar-refractivity contribution in [3.05, 3.63) is 104 Å². The van der Waals surface area contributed by atoms with E-state index in [1.165, 1.54) is 23.1 Å². The first-order valence-corrected chi connectivity index (χ1v) is 12.4. The molecular formula is C27H26N2O2S2. The fraction of sp³-hybridized carbons (Fsp3) is 0.222. The number of fused-ring (bicyclic) bond motifs is 1. The summed E-state index contributed by atoms with van der Waals surface area (Å²) in [5, 5.41) is 0.649. The third kappa shape index (κ3) is 4.59. The van der Waals surface area contributed by atoms with E-state index in [9.17, 15) is 9.59 Å². The highest BCUT2D eigenvalue weighted by molar-refractivity contribution is 8.00. The molecule has 168 valence electrons. The Balaban J connectivity index is 1.86. The molecular weight excluding hydrogens is 448 g/mol. The van der Waals surface area contributed by atoms with Gasteiger partial charge in [-0.05, 0) is 38.8 Å². The van der Waals surface area contributed by atoms with Crippen LogP contribution in [0.4, 0.5) is 0 Å². The smallest absolute Gasteiger partial charge is 0.263 e. The van der Waals surface area contributed by atoms with Gasteiger partial charge in [0.05, 0.1) is 5.39 Å². The Morgan fingerprint density at radius 1 is 1.06 bits per heavy atom. The summed E-state index contributed by atoms with van der Waals surface area (Å²) in [5.41, 5.74) is 4.62. The third-order valence-corrected chi connectivity index (χ3v) is 8.09. The number of aromatic nitrogens is 2. The molecule has 1 atom stereocenters. The SMILES string of the molecule is C=CCn1c(S[C@@H](C(=O)c2ccc(C)cc2)c2ccc(C)cc2)nc2sc(C)c(C)c2c1=O. The summed E-state index contributed by atoms with van der Waals surface area (Å²) in [6.45, 7) is 12.1. The van der Waals surface area contributed by atoms with Crippen molar-refractivity contribution >= 4 is 39.1 Å². The summed E-state index contributed by atoms with van der Waals surface area (Å²) < 4.78 is 1.63. The van der Waals surface area contributed by atoms with Gasteiger partial charge in [0.25, 0.3) is 5.56 Å². The average molecular weight is 475 g/mol. The maximum absolute atomic E-state index is 13.7. The highest BCUT2D eigenvalue weighted by Gasteiger charge is 2.27. The molecule has 2 heterocycles. The van der Waals surface area contributed by atoms with Gasteiger partial charge in [-0.1, -0.05) is 77.5 Å². The highest BCUT2D eigenvalue weighted by Crippen LogP contribution is 2.38. The van der Waals surface area contributed by atoms with Crippen LogP contribution in [-0.2, 0) is 6.54 Å². The minimum atomic E-state index is -0.532. The van der Waals surface area contributed by atoms with Crippen molar-refractivity contribution in [2.24, 2.45) is 0 Å². The molecule has 0 amide bonds. The van der Waals surface area contributed by atoms with Gasteiger partial charge in [-0.15, -0.1) is 17.9 Å². The number of ketones is 1. The van der Waals surface area contributed by atoms with E-state index in [4.69, 9.17) is 4.98 Å². The van der Waals surface area contributed by atoms with Crippen molar-refractivity contribution in [2.45, 2.75) is 44.6 Å². The van der Waals surface area contributed by atoms with Crippen molar-refractivity contribution in [1.29, 1.82) is 0 Å². The number of thiophene rings is 1. The van der Waals surface area contributed by atoms with Gasteiger partial charge in [-0.2, -0.15) is 0 Å². The number of nitrogens with zero attached hydrogens (tertiary/aromatic N) is 2. The lowest BCUT2D eigenvalue weighted by molar-refractivity contribution is 0.0989. The monoisotopic (exact) mass is 474 g/mol. The molecule has 0 saturated carbocycles. The van der Waals surface area contributed by atoms with Crippen molar-refractivity contribution in [3.8, 4) is 0 Å². The molecule has 0 N–H and O–H groups in total. The summed E-state index contributed by atoms with van der Waals surface area (Å²) >= 11 is 2.84. The first-order chi connectivity index (χ1) is 15.8. The van der Waals surface area contributed by atoms with Crippen LogP contribution in [0.3, 0.4) is 0 Å². The van der Waals surface area contributed by atoms with Crippen LogP contribution in [0.1, 0.15) is 42.7 Å². The van der Waals surface area contributed by atoms with Gasteiger partial charge in [0.1, 0.15) is 10.1 Å². The van der Waals surface area contributed by atoms with Crippen LogP contribution in [-0.4, -0.2) is 15.3 Å². The number of rotatable bonds is 7. The fourth-order valence-corrected chi connectivity index (χ4v) is 5.93. The molecule has 0 spiro atoms. The normalized spacial score (nSPS) is 12.1. The summed E-state index contributed by atoms with van der Waals surface area (Å²) in [7, 11) is 0. The van der Waals surface area contributed by atoms with Gasteiger partial charge in [-0.25, -0.2) is 4.98 Å². The summed E-state index contributed by atoms with van der Waals surface area (Å²) in [6.07, 6.45) is 1.69. The van der Waals surface area contributed by atoms with Crippen LogP contribution in [0.5, 0.6) is 0 Å². The second-order valence-corrected chi connectivity index (χ2v) is 10.5. The zero-order valence-corrected chi connectivity index (χ0v) is 20.8. The van der Waals surface area contributed by atoms with Gasteiger partial charge in [-0.3, -0.25) is 14.2 Å². The van der Waals surface area contributed by atoms with Gasteiger partial charge in [0.2, 0.25) is 0 Å². The number of carbonyl (C=O) groups excluding carboxylic acids is 1. The van der Waals surface area contributed by atoms with E-state index in [0.717, 1.165) is 27.1 Å². The first kappa shape index (κ1) is 23.2. The van der Waals surface area contributed by atoms with Crippen molar-refractivity contribution < 1.29 is 4.79 Å². The molecule has 0 saturated heterocycles. The van der Waals surface area contributed by atoms with Crippen molar-refractivity contribution in [1.82, 2.24) is 9.55 Å². The molecule has 0 radical (unpaired) electrons. The first-order valence-electron chi connectivity index (χ1n) is 10.8. The molecule has 4 nitrogen and oxygen atoms in total. The Morgan fingerprint density at radius 3 is 2.27 bits per heavy atom. The van der Waals surface area contributed by atoms with Crippen molar-refractivity contribution in [2.75, 3.05) is 0 Å². The number of hydrogen-bond donors (Lipinski definition) is 0. The quantitative estimate of drug-likeness (QED) is 0.131. The Morgan fingerprint density at radius 2 is 1.67 bits per heavy atom. The molecule has 0 fully saturated rings. The fourth-order valence-electron chi connectivity index (χ4n) is 3.68. The lowest BCUT2D eigenvalue weighted by atomic mass is 10.0. The predicted molar refractivity (Wildman–Crippen MR) is 139 cm³/mol. The largest absolute Gasteiger partial charge is 0.293 e. The zero-order valence-electron chi connectivity index (χ0n) is 19.2. The highest BCUT2D eigenvalue weighted by atomic mass is 32.2. The van der Waals surface area contributed by atoms with E-state index in [1.807, 2.05) is 76.2 Å². The average Bonchev–Trinajstić information content (AvgIpc) is 3.08. The number of aryl methyl sites for hydroxylation is 4. The Bertz CT molecular complexity index is 1400. The van der Waals surface area contributed by atoms with E-state index < -0.39 is 5.25 Å². The predicted octanol–water partition coefficient (Wildman–Crippen LogP) is 6.59. The lowest BCUT2D eigenvalue weighted by Crippen LogP contribution is -2.23. The second kappa shape index (κ2) is 9.49. The minimum Gasteiger partial charge on any atom is -0.293 e. The maximum atomic E-state index is 13.7. The van der Waals surface area contributed by atoms with Gasteiger partial charge >= 0.3 is 0 Å². The number of benzene rings is 2. The number of hydrogen-bond acceptors (Lipinski definition) is 5. The van der Waals surface area contributed by atoms with Crippen LogP contribution in [0.2, 0.25) is 0 Å². The number of allylic oxidation sites excluding steroid dienone is 1. The minimum absolute atomic E-state index is 0.0121. The molecule has 2 aromatic carbocycles. The summed E-state index contributed by atoms with van der Waals surface area (Å²) in [6, 6.07) is 15.6. The van der Waals surface area contributed by atoms with Gasteiger partial charge in [0.15, 0.2) is 10.9 Å². The molecule has 33 heavy (non-hydrogen) atoms. The molecule has 4 aromatic rings. The second-order valence-electron chi connectivity index (χ2n) is 8.20. The van der Waals surface area contributed by atoms with E-state index in [-0.39, 0.29) is 11.3 Å². The van der Waals surface area contributed by atoms with Crippen LogP contribution < -0.4 is 5.56 Å². The molecule has 0 aliphatic carbocycles. The molecule has 0 unspecified atom stereocenters. The van der Waals surface area contributed by atoms with Crippen LogP contribution in [0, 0.1) is 27.7 Å². The van der Waals surface area contributed by atoms with E-state index in [0.29, 0.717) is 27.5 Å². The van der Waals surface area contributed by atoms with Crippen LogP contribution >= 0.6 is 23.1 Å². The molecule has 4 rings (SSSR count). The molecule has 0 bridgehead atoms. The van der Waals surface area contributed by atoms with Crippen molar-refractivity contribution in [3.63, 3.8) is 0 Å². The summed E-state index contributed by atoms with van der Waals surface area (Å²) in [5.74, 6) is -0.0121. The third-order valence-electron chi connectivity index (χ3n) is 5.74. The molecule has 6 heteroatoms. The number of carbonyl (C=O) groups is 1. The Kier molecular flexibility index (Phi) is 6.68. The Hall–Kier alpha value is -2.96. The van der Waals surface area contributed by atoms with Gasteiger partial charge < -0.3 is 0 Å². The van der Waals surface area contributed by atoms with E-state index in [1.54, 1.807) is 10.6 Å². The zero-order chi connectivity index (χ0) is 23.7. The van der Waals surface area contributed by atoms with Crippen LogP contribution in [0.25, 0.3) is 10.2 Å². The van der Waals surface area contributed by atoms with Crippen LogP contribution in [0.15, 0.2) is 71.1 Å². The van der Waals surface area contributed by atoms with Gasteiger partial charge in [0, 0.05) is 17.0 Å². The molecule has 0 aliphatic heterocycles. The molecule has 0 aliphatic rings. The topological polar surface area (TPSA) is 52.0 Å². The Labute approximate surface area is 202 Å². The van der Waals surface area contributed by atoms with E-state index >= 15 is 0 Å². The maximum Gasteiger partial charge on any atom is 0.263 e.